The van der Waals surface area contributed by atoms with Gasteiger partial charge in [0.25, 0.3) is 0 Å². The Bertz CT molecular complexity index is 1020. The van der Waals surface area contributed by atoms with E-state index >= 15 is 0 Å². The van der Waals surface area contributed by atoms with E-state index in [0.717, 1.165) is 16.4 Å². The number of aromatic amines is 1. The van der Waals surface area contributed by atoms with Gasteiger partial charge in [-0.2, -0.15) is 0 Å². The van der Waals surface area contributed by atoms with E-state index in [1.165, 1.54) is 43.1 Å². The van der Waals surface area contributed by atoms with Crippen LogP contribution in [-0.4, -0.2) is 47.2 Å². The molecule has 1 heterocycles. The molecule has 9 heteroatoms. The van der Waals surface area contributed by atoms with Crippen LogP contribution in [0.5, 0.6) is 0 Å². The Balaban J connectivity index is 1.41. The number of aromatic nitrogens is 2. The van der Waals surface area contributed by atoms with Crippen molar-refractivity contribution >= 4 is 35.2 Å². The molecule has 0 saturated carbocycles. The van der Waals surface area contributed by atoms with Gasteiger partial charge < -0.3 is 20.4 Å². The zero-order valence-electron chi connectivity index (χ0n) is 16.2. The minimum Gasteiger partial charge on any atom is -0.465 e. The van der Waals surface area contributed by atoms with Crippen LogP contribution in [0.1, 0.15) is 10.4 Å². The number of benzene rings is 2. The average molecular weight is 424 g/mol. The number of ether oxygens (including phenoxy) is 1. The lowest BCUT2D eigenvalue weighted by Gasteiger charge is -2.07. The monoisotopic (exact) mass is 424 g/mol. The number of carbonyl (C=O) groups excluding carboxylic acids is 3. The summed E-state index contributed by atoms with van der Waals surface area (Å²) in [6.45, 7) is 0.305. The second kappa shape index (κ2) is 10.3. The average Bonchev–Trinajstić information content (AvgIpc) is 3.26. The Morgan fingerprint density at radius 2 is 1.77 bits per heavy atom. The summed E-state index contributed by atoms with van der Waals surface area (Å²) >= 11 is 1.44. The van der Waals surface area contributed by atoms with Crippen LogP contribution in [0, 0.1) is 0 Å². The summed E-state index contributed by atoms with van der Waals surface area (Å²) in [5.41, 5.74) is 2.72. The van der Waals surface area contributed by atoms with Gasteiger partial charge >= 0.3 is 17.8 Å². The number of rotatable bonds is 7. The molecule has 2 aromatic carbocycles. The summed E-state index contributed by atoms with van der Waals surface area (Å²) in [5, 5.41) is 5.77. The number of anilines is 1. The van der Waals surface area contributed by atoms with E-state index in [1.54, 1.807) is 6.20 Å². The Labute approximate surface area is 177 Å². The van der Waals surface area contributed by atoms with Crippen LogP contribution in [0.3, 0.4) is 0 Å². The molecule has 154 valence electrons. The Hall–Kier alpha value is -3.59. The van der Waals surface area contributed by atoms with E-state index < -0.39 is 17.8 Å². The number of methoxy groups -OCH3 is 1. The number of imidazole rings is 1. The van der Waals surface area contributed by atoms with Gasteiger partial charge in [-0.05, 0) is 29.8 Å². The first-order valence-electron chi connectivity index (χ1n) is 9.07. The Kier molecular flexibility index (Phi) is 7.23. The van der Waals surface area contributed by atoms with Crippen LogP contribution in [0.15, 0.2) is 66.0 Å². The SMILES string of the molecule is COC(=O)c1ccc(NC(=O)C(=O)NCCSc2ncc(-c3ccccc3)[nH]2)cc1. The van der Waals surface area contributed by atoms with Crippen LogP contribution in [-0.2, 0) is 14.3 Å². The van der Waals surface area contributed by atoms with Crippen LogP contribution < -0.4 is 10.6 Å². The quantitative estimate of drug-likeness (QED) is 0.233. The molecule has 0 radical (unpaired) electrons. The summed E-state index contributed by atoms with van der Waals surface area (Å²) < 4.78 is 4.61. The molecule has 0 aliphatic rings. The highest BCUT2D eigenvalue weighted by Gasteiger charge is 2.14. The summed E-state index contributed by atoms with van der Waals surface area (Å²) in [7, 11) is 1.29. The first kappa shape index (κ1) is 21.1. The number of carbonyl (C=O) groups is 3. The van der Waals surface area contributed by atoms with Gasteiger partial charge in [-0.3, -0.25) is 9.59 Å². The predicted molar refractivity (Wildman–Crippen MR) is 114 cm³/mol. The lowest BCUT2D eigenvalue weighted by Crippen LogP contribution is -2.36. The van der Waals surface area contributed by atoms with E-state index in [9.17, 15) is 14.4 Å². The third-order valence-electron chi connectivity index (χ3n) is 4.03. The van der Waals surface area contributed by atoms with Gasteiger partial charge in [0.15, 0.2) is 5.16 Å². The van der Waals surface area contributed by atoms with E-state index in [2.05, 4.69) is 25.3 Å². The maximum atomic E-state index is 12.0. The lowest BCUT2D eigenvalue weighted by molar-refractivity contribution is -0.136. The number of H-pyrrole nitrogens is 1. The molecular formula is C21H20N4O4S. The molecule has 0 atom stereocenters. The topological polar surface area (TPSA) is 113 Å². The normalized spacial score (nSPS) is 10.3. The second-order valence-electron chi connectivity index (χ2n) is 6.10. The highest BCUT2D eigenvalue weighted by molar-refractivity contribution is 7.99. The van der Waals surface area contributed by atoms with Crippen molar-refractivity contribution < 1.29 is 19.1 Å². The van der Waals surface area contributed by atoms with Gasteiger partial charge in [-0.1, -0.05) is 42.1 Å². The molecule has 0 bridgehead atoms. The van der Waals surface area contributed by atoms with E-state index in [0.29, 0.717) is 23.5 Å². The number of nitrogens with one attached hydrogen (secondary N) is 3. The van der Waals surface area contributed by atoms with Crippen LogP contribution in [0.2, 0.25) is 0 Å². The Morgan fingerprint density at radius 1 is 1.03 bits per heavy atom. The smallest absolute Gasteiger partial charge is 0.337 e. The van der Waals surface area contributed by atoms with Crippen LogP contribution in [0.4, 0.5) is 5.69 Å². The third-order valence-corrected chi connectivity index (χ3v) is 4.92. The molecule has 3 aromatic rings. The first-order valence-corrected chi connectivity index (χ1v) is 10.1. The van der Waals surface area contributed by atoms with E-state index in [4.69, 9.17) is 0 Å². The zero-order chi connectivity index (χ0) is 21.3. The molecule has 0 spiro atoms. The van der Waals surface area contributed by atoms with Crippen LogP contribution >= 0.6 is 11.8 Å². The van der Waals surface area contributed by atoms with Crippen molar-refractivity contribution in [3.05, 3.63) is 66.4 Å². The first-order chi connectivity index (χ1) is 14.6. The van der Waals surface area contributed by atoms with E-state index in [1.807, 2.05) is 30.3 Å². The van der Waals surface area contributed by atoms with Crippen molar-refractivity contribution in [3.63, 3.8) is 0 Å². The van der Waals surface area contributed by atoms with Gasteiger partial charge in [0.1, 0.15) is 0 Å². The van der Waals surface area contributed by atoms with Crippen molar-refractivity contribution in [2.45, 2.75) is 5.16 Å². The summed E-state index contributed by atoms with van der Waals surface area (Å²) in [5.74, 6) is -1.45. The minimum absolute atomic E-state index is 0.305. The molecule has 30 heavy (non-hydrogen) atoms. The number of hydrogen-bond acceptors (Lipinski definition) is 6. The molecule has 0 fully saturated rings. The molecule has 0 aliphatic heterocycles. The molecule has 0 unspecified atom stereocenters. The molecular weight excluding hydrogens is 404 g/mol. The number of amides is 2. The van der Waals surface area contributed by atoms with Gasteiger partial charge in [-0.15, -0.1) is 0 Å². The molecule has 3 N–H and O–H groups in total. The highest BCUT2D eigenvalue weighted by Crippen LogP contribution is 2.20. The fraction of sp³-hybridized carbons (Fsp3) is 0.143. The second-order valence-corrected chi connectivity index (χ2v) is 7.18. The maximum absolute atomic E-state index is 12.0. The molecule has 8 nitrogen and oxygen atoms in total. The largest absolute Gasteiger partial charge is 0.465 e. The highest BCUT2D eigenvalue weighted by atomic mass is 32.2. The van der Waals surface area contributed by atoms with Crippen LogP contribution in [0.25, 0.3) is 11.3 Å². The Morgan fingerprint density at radius 3 is 2.47 bits per heavy atom. The predicted octanol–water partition coefficient (Wildman–Crippen LogP) is 2.71. The van der Waals surface area contributed by atoms with Crippen molar-refractivity contribution in [3.8, 4) is 11.3 Å². The minimum atomic E-state index is -0.782. The van der Waals surface area contributed by atoms with Gasteiger partial charge in [0.05, 0.1) is 24.6 Å². The third kappa shape index (κ3) is 5.71. The van der Waals surface area contributed by atoms with Crippen molar-refractivity contribution in [2.24, 2.45) is 0 Å². The van der Waals surface area contributed by atoms with Crippen molar-refractivity contribution in [2.75, 3.05) is 24.7 Å². The standard InChI is InChI=1S/C21H20N4O4S/c1-29-20(28)15-7-9-16(10-8-15)24-19(27)18(26)22-11-12-30-21-23-13-17(25-21)14-5-3-2-4-6-14/h2-10,13H,11-12H2,1H3,(H,22,26)(H,23,25)(H,24,27). The summed E-state index contributed by atoms with van der Waals surface area (Å²) in [4.78, 5) is 42.8. The lowest BCUT2D eigenvalue weighted by atomic mass is 10.2. The number of thioether (sulfide) groups is 1. The van der Waals surface area contributed by atoms with Gasteiger partial charge in [0.2, 0.25) is 0 Å². The van der Waals surface area contributed by atoms with E-state index in [-0.39, 0.29) is 0 Å². The summed E-state index contributed by atoms with van der Waals surface area (Å²) in [6, 6.07) is 15.9. The molecule has 1 aromatic heterocycles. The maximum Gasteiger partial charge on any atom is 0.337 e. The number of esters is 1. The van der Waals surface area contributed by atoms with Crippen molar-refractivity contribution in [1.29, 1.82) is 0 Å². The number of hydrogen-bond donors (Lipinski definition) is 3. The van der Waals surface area contributed by atoms with Gasteiger partial charge in [0, 0.05) is 18.0 Å². The fourth-order valence-corrected chi connectivity index (χ4v) is 3.24. The summed E-state index contributed by atoms with van der Waals surface area (Å²) in [6.07, 6.45) is 1.76. The molecule has 2 amide bonds. The molecule has 0 aliphatic carbocycles. The molecule has 0 saturated heterocycles. The fourth-order valence-electron chi connectivity index (χ4n) is 2.53. The molecule has 3 rings (SSSR count). The van der Waals surface area contributed by atoms with Gasteiger partial charge in [-0.25, -0.2) is 9.78 Å². The number of nitrogens with zero attached hydrogens (tertiary/aromatic N) is 1. The van der Waals surface area contributed by atoms with Crippen molar-refractivity contribution in [1.82, 2.24) is 15.3 Å². The zero-order valence-corrected chi connectivity index (χ0v) is 17.0.